The van der Waals surface area contributed by atoms with Crippen molar-refractivity contribution in [2.45, 2.75) is 23.2 Å². The Kier molecular flexibility index (Phi) is 5.97. The topological polar surface area (TPSA) is 26.3 Å². The molecule has 0 aliphatic rings. The molecule has 0 saturated heterocycles. The Labute approximate surface area is 128 Å². The molecule has 0 atom stereocenters. The summed E-state index contributed by atoms with van der Waals surface area (Å²) in [6.45, 7) is 0. The van der Waals surface area contributed by atoms with Gasteiger partial charge in [-0.05, 0) is 23.9 Å². The van der Waals surface area contributed by atoms with E-state index in [2.05, 4.69) is 20.7 Å². The fraction of sp³-hybridized carbons (Fsp3) is 0.364. The van der Waals surface area contributed by atoms with Crippen LogP contribution in [0.25, 0.3) is 0 Å². The number of thioether (sulfide) groups is 1. The third-order valence-electron chi connectivity index (χ3n) is 2.03. The van der Waals surface area contributed by atoms with Gasteiger partial charge in [-0.3, -0.25) is 4.79 Å². The Morgan fingerprint density at radius 2 is 1.81 bits per heavy atom. The third kappa shape index (κ3) is 7.07. The minimum absolute atomic E-state index is 0.0858. The van der Waals surface area contributed by atoms with E-state index in [1.54, 1.807) is 0 Å². The molecule has 0 aliphatic heterocycles. The molecule has 1 rings (SSSR count). The van der Waals surface area contributed by atoms with Gasteiger partial charge in [0.15, 0.2) is 0 Å². The van der Waals surface area contributed by atoms with E-state index in [1.165, 1.54) is 0 Å². The maximum atomic E-state index is 12.3. The summed E-state index contributed by atoms with van der Waals surface area (Å²) in [5, 5.41) is -0.0858. The first-order valence-electron chi connectivity index (χ1n) is 5.22. The third-order valence-corrected chi connectivity index (χ3v) is 3.38. The molecule has 0 aliphatic carbocycles. The molecule has 0 aromatic heterocycles. The molecule has 10 heteroatoms. The molecule has 0 radical (unpaired) electrons. The van der Waals surface area contributed by atoms with Crippen LogP contribution in [-0.4, -0.2) is 23.0 Å². The SMILES string of the molecule is O=C(CBr)Cc1ccc(SC(F)(F)F)cc1OC(F)(F)F. The second-order valence-electron chi connectivity index (χ2n) is 3.71. The number of ether oxygens (including phenoxy) is 1. The lowest BCUT2D eigenvalue weighted by Gasteiger charge is -2.14. The van der Waals surface area contributed by atoms with Crippen molar-refractivity contribution in [1.29, 1.82) is 0 Å². The van der Waals surface area contributed by atoms with Crippen molar-refractivity contribution in [3.63, 3.8) is 0 Å². The molecule has 0 unspecified atom stereocenters. The van der Waals surface area contributed by atoms with E-state index < -0.39 is 40.1 Å². The second-order valence-corrected chi connectivity index (χ2v) is 5.41. The highest BCUT2D eigenvalue weighted by atomic mass is 79.9. The Morgan fingerprint density at radius 3 is 2.29 bits per heavy atom. The van der Waals surface area contributed by atoms with Crippen molar-refractivity contribution in [2.75, 3.05) is 5.33 Å². The highest BCUT2D eigenvalue weighted by Gasteiger charge is 2.34. The molecular weight excluding hydrogens is 390 g/mol. The number of carbonyl (C=O) groups is 1. The lowest BCUT2D eigenvalue weighted by Crippen LogP contribution is -2.19. The zero-order valence-corrected chi connectivity index (χ0v) is 12.4. The molecule has 0 bridgehead atoms. The number of hydrogen-bond acceptors (Lipinski definition) is 3. The summed E-state index contributed by atoms with van der Waals surface area (Å²) in [6, 6.07) is 2.61. The standard InChI is InChI=1S/C11H7BrF6O2S/c12-5-7(19)3-6-1-2-8(21-11(16,17)18)4-9(6)20-10(13,14)15/h1-2,4H,3,5H2. The molecule has 21 heavy (non-hydrogen) atoms. The Bertz CT molecular complexity index is 514. The lowest BCUT2D eigenvalue weighted by atomic mass is 10.1. The first-order chi connectivity index (χ1) is 9.50. The summed E-state index contributed by atoms with van der Waals surface area (Å²) in [4.78, 5) is 10.8. The van der Waals surface area contributed by atoms with Crippen LogP contribution in [0.5, 0.6) is 5.75 Å². The molecular formula is C11H7BrF6O2S. The van der Waals surface area contributed by atoms with Gasteiger partial charge in [-0.2, -0.15) is 13.2 Å². The van der Waals surface area contributed by atoms with Crippen molar-refractivity contribution in [3.05, 3.63) is 23.8 Å². The highest BCUT2D eigenvalue weighted by Crippen LogP contribution is 2.39. The minimum atomic E-state index is -5.06. The van der Waals surface area contributed by atoms with Gasteiger partial charge in [-0.15, -0.1) is 13.2 Å². The summed E-state index contributed by atoms with van der Waals surface area (Å²) >= 11 is 2.28. The predicted molar refractivity (Wildman–Crippen MR) is 67.5 cm³/mol. The Morgan fingerprint density at radius 1 is 1.19 bits per heavy atom. The lowest BCUT2D eigenvalue weighted by molar-refractivity contribution is -0.275. The first kappa shape index (κ1) is 18.1. The zero-order valence-electron chi connectivity index (χ0n) is 10.0. The fourth-order valence-corrected chi connectivity index (χ4v) is 2.12. The van der Waals surface area contributed by atoms with Gasteiger partial charge < -0.3 is 4.74 Å². The number of rotatable bonds is 5. The van der Waals surface area contributed by atoms with E-state index in [0.717, 1.165) is 12.1 Å². The molecule has 0 heterocycles. The number of hydrogen-bond donors (Lipinski definition) is 0. The highest BCUT2D eigenvalue weighted by molar-refractivity contribution is 9.09. The number of Topliss-reactive ketones (excluding diaryl/α,β-unsaturated/α-hetero) is 1. The Hall–Kier alpha value is -0.900. The van der Waals surface area contributed by atoms with Gasteiger partial charge in [0.05, 0.1) is 5.33 Å². The number of ketones is 1. The smallest absolute Gasteiger partial charge is 0.405 e. The first-order valence-corrected chi connectivity index (χ1v) is 7.16. The van der Waals surface area contributed by atoms with Crippen LogP contribution >= 0.6 is 27.7 Å². The average Bonchev–Trinajstić information content (AvgIpc) is 2.28. The summed E-state index contributed by atoms with van der Waals surface area (Å²) in [7, 11) is 0. The van der Waals surface area contributed by atoms with E-state index in [9.17, 15) is 31.1 Å². The van der Waals surface area contributed by atoms with Crippen LogP contribution in [0.3, 0.4) is 0 Å². The summed E-state index contributed by atoms with van der Waals surface area (Å²) in [5.41, 5.74) is -4.77. The quantitative estimate of drug-likeness (QED) is 0.409. The normalized spacial score (nSPS) is 12.3. The van der Waals surface area contributed by atoms with E-state index in [4.69, 9.17) is 0 Å². The minimum Gasteiger partial charge on any atom is -0.405 e. The monoisotopic (exact) mass is 396 g/mol. The van der Waals surface area contributed by atoms with Crippen LogP contribution in [0.1, 0.15) is 5.56 Å². The fourth-order valence-electron chi connectivity index (χ4n) is 1.36. The summed E-state index contributed by atoms with van der Waals surface area (Å²) < 4.78 is 77.1. The maximum absolute atomic E-state index is 12.3. The molecule has 0 spiro atoms. The summed E-state index contributed by atoms with van der Waals surface area (Å²) in [5.74, 6) is -1.25. The maximum Gasteiger partial charge on any atom is 0.573 e. The number of benzene rings is 1. The van der Waals surface area contributed by atoms with Crippen molar-refractivity contribution in [2.24, 2.45) is 0 Å². The van der Waals surface area contributed by atoms with Crippen LogP contribution in [0.2, 0.25) is 0 Å². The molecule has 118 valence electrons. The zero-order chi connectivity index (χ0) is 16.3. The second kappa shape index (κ2) is 6.91. The molecule has 0 fully saturated rings. The van der Waals surface area contributed by atoms with Crippen LogP contribution < -0.4 is 4.74 Å². The van der Waals surface area contributed by atoms with Gasteiger partial charge in [0, 0.05) is 16.9 Å². The molecule has 0 saturated carbocycles. The van der Waals surface area contributed by atoms with Crippen molar-refractivity contribution < 1.29 is 35.9 Å². The van der Waals surface area contributed by atoms with Gasteiger partial charge >= 0.3 is 11.9 Å². The van der Waals surface area contributed by atoms with E-state index in [-0.39, 0.29) is 17.3 Å². The molecule has 0 amide bonds. The van der Waals surface area contributed by atoms with E-state index >= 15 is 0 Å². The van der Waals surface area contributed by atoms with Gasteiger partial charge in [-0.1, -0.05) is 22.0 Å². The van der Waals surface area contributed by atoms with E-state index in [1.807, 2.05) is 0 Å². The van der Waals surface area contributed by atoms with Gasteiger partial charge in [-0.25, -0.2) is 0 Å². The van der Waals surface area contributed by atoms with Crippen LogP contribution in [-0.2, 0) is 11.2 Å². The molecule has 1 aromatic rings. The van der Waals surface area contributed by atoms with Crippen LogP contribution in [0.15, 0.2) is 23.1 Å². The average molecular weight is 397 g/mol. The van der Waals surface area contributed by atoms with Gasteiger partial charge in [0.1, 0.15) is 11.5 Å². The van der Waals surface area contributed by atoms with Crippen LogP contribution in [0, 0.1) is 0 Å². The molecule has 2 nitrogen and oxygen atoms in total. The Balaban J connectivity index is 3.10. The number of alkyl halides is 7. The molecule has 1 aromatic carbocycles. The van der Waals surface area contributed by atoms with Crippen molar-refractivity contribution >= 4 is 33.5 Å². The molecule has 0 N–H and O–H groups in total. The van der Waals surface area contributed by atoms with Crippen molar-refractivity contribution in [1.82, 2.24) is 0 Å². The largest absolute Gasteiger partial charge is 0.573 e. The summed E-state index contributed by atoms with van der Waals surface area (Å²) in [6.07, 6.45) is -5.44. The predicted octanol–water partition coefficient (Wildman–Crippen LogP) is 4.70. The van der Waals surface area contributed by atoms with Gasteiger partial charge in [0.2, 0.25) is 0 Å². The number of carbonyl (C=O) groups excluding carboxylic acids is 1. The van der Waals surface area contributed by atoms with Gasteiger partial charge in [0.25, 0.3) is 0 Å². The van der Waals surface area contributed by atoms with E-state index in [0.29, 0.717) is 6.07 Å². The number of halogens is 7. The van der Waals surface area contributed by atoms with Crippen LogP contribution in [0.4, 0.5) is 26.3 Å². The van der Waals surface area contributed by atoms with Crippen molar-refractivity contribution in [3.8, 4) is 5.75 Å².